The van der Waals surface area contributed by atoms with Crippen molar-refractivity contribution in [2.24, 2.45) is 0 Å². The standard InChI is InChI=1S/C13H16O4/c1-8-11-12(10(14)7-15-8)17-13(16-11)9-5-3-2-4-6-9/h2-6,8,10-14H,7H2,1H3/t8-,10+,11+,12-,13?/m1/s1. The fourth-order valence-electron chi connectivity index (χ4n) is 2.37. The first-order chi connectivity index (χ1) is 8.25. The fourth-order valence-corrected chi connectivity index (χ4v) is 2.37. The second-order valence-corrected chi connectivity index (χ2v) is 4.55. The summed E-state index contributed by atoms with van der Waals surface area (Å²) in [4.78, 5) is 0. The number of fused-ring (bicyclic) bond motifs is 1. The molecule has 0 saturated carbocycles. The van der Waals surface area contributed by atoms with Crippen LogP contribution in [0.4, 0.5) is 0 Å². The molecule has 1 N–H and O–H groups in total. The van der Waals surface area contributed by atoms with E-state index in [-0.39, 0.29) is 18.3 Å². The van der Waals surface area contributed by atoms with Crippen molar-refractivity contribution in [1.82, 2.24) is 0 Å². The van der Waals surface area contributed by atoms with Crippen LogP contribution in [-0.2, 0) is 14.2 Å². The van der Waals surface area contributed by atoms with Crippen molar-refractivity contribution in [2.45, 2.75) is 37.6 Å². The van der Waals surface area contributed by atoms with Gasteiger partial charge in [-0.25, -0.2) is 0 Å². The van der Waals surface area contributed by atoms with E-state index in [1.807, 2.05) is 37.3 Å². The summed E-state index contributed by atoms with van der Waals surface area (Å²) in [6.07, 6.45) is -1.53. The molecule has 0 aliphatic carbocycles. The highest BCUT2D eigenvalue weighted by molar-refractivity contribution is 5.17. The summed E-state index contributed by atoms with van der Waals surface area (Å²) < 4.78 is 17.0. The van der Waals surface area contributed by atoms with E-state index < -0.39 is 12.4 Å². The second-order valence-electron chi connectivity index (χ2n) is 4.55. The molecule has 92 valence electrons. The quantitative estimate of drug-likeness (QED) is 0.797. The van der Waals surface area contributed by atoms with Crippen molar-refractivity contribution in [2.75, 3.05) is 6.61 Å². The molecular formula is C13H16O4. The molecule has 0 spiro atoms. The Morgan fingerprint density at radius 2 is 1.82 bits per heavy atom. The lowest BCUT2D eigenvalue weighted by atomic mass is 10.0. The van der Waals surface area contributed by atoms with Crippen molar-refractivity contribution < 1.29 is 19.3 Å². The van der Waals surface area contributed by atoms with Gasteiger partial charge in [-0.2, -0.15) is 0 Å². The van der Waals surface area contributed by atoms with Gasteiger partial charge in [0.2, 0.25) is 0 Å². The first-order valence-electron chi connectivity index (χ1n) is 5.91. The van der Waals surface area contributed by atoms with E-state index in [9.17, 15) is 5.11 Å². The van der Waals surface area contributed by atoms with Crippen molar-refractivity contribution >= 4 is 0 Å². The predicted octanol–water partition coefficient (Wildman–Crippen LogP) is 1.25. The molecule has 2 saturated heterocycles. The van der Waals surface area contributed by atoms with E-state index in [0.717, 1.165) is 5.56 Å². The lowest BCUT2D eigenvalue weighted by Gasteiger charge is -2.32. The molecule has 2 fully saturated rings. The molecule has 0 radical (unpaired) electrons. The van der Waals surface area contributed by atoms with Gasteiger partial charge in [0.25, 0.3) is 0 Å². The van der Waals surface area contributed by atoms with Crippen LogP contribution in [0.2, 0.25) is 0 Å². The summed E-state index contributed by atoms with van der Waals surface area (Å²) in [7, 11) is 0. The molecule has 1 unspecified atom stereocenters. The van der Waals surface area contributed by atoms with Crippen LogP contribution < -0.4 is 0 Å². The monoisotopic (exact) mass is 236 g/mol. The summed E-state index contributed by atoms with van der Waals surface area (Å²) in [6, 6.07) is 9.76. The number of aliphatic hydroxyl groups excluding tert-OH is 1. The maximum Gasteiger partial charge on any atom is 0.184 e. The molecule has 4 heteroatoms. The highest BCUT2D eigenvalue weighted by atomic mass is 16.7. The Bertz CT molecular complexity index is 362. The first kappa shape index (κ1) is 11.2. The summed E-state index contributed by atoms with van der Waals surface area (Å²) in [5.41, 5.74) is 0.973. The van der Waals surface area contributed by atoms with Gasteiger partial charge >= 0.3 is 0 Å². The van der Waals surface area contributed by atoms with Gasteiger partial charge in [0, 0.05) is 5.56 Å². The molecule has 2 aliphatic rings. The zero-order valence-electron chi connectivity index (χ0n) is 9.65. The fraction of sp³-hybridized carbons (Fsp3) is 0.538. The average Bonchev–Trinajstić information content (AvgIpc) is 2.81. The van der Waals surface area contributed by atoms with E-state index in [1.54, 1.807) is 0 Å². The molecule has 2 heterocycles. The van der Waals surface area contributed by atoms with Crippen LogP contribution in [0.3, 0.4) is 0 Å². The number of rotatable bonds is 1. The van der Waals surface area contributed by atoms with Crippen molar-refractivity contribution in [3.05, 3.63) is 35.9 Å². The van der Waals surface area contributed by atoms with Gasteiger partial charge in [-0.1, -0.05) is 30.3 Å². The molecule has 3 rings (SSSR count). The highest BCUT2D eigenvalue weighted by Crippen LogP contribution is 2.36. The van der Waals surface area contributed by atoms with Crippen LogP contribution in [-0.4, -0.2) is 36.1 Å². The van der Waals surface area contributed by atoms with Crippen LogP contribution in [0.15, 0.2) is 30.3 Å². The normalized spacial score (nSPS) is 41.2. The minimum atomic E-state index is -0.607. The van der Waals surface area contributed by atoms with E-state index in [1.165, 1.54) is 0 Å². The predicted molar refractivity (Wildman–Crippen MR) is 60.3 cm³/mol. The third kappa shape index (κ3) is 1.98. The van der Waals surface area contributed by atoms with Gasteiger partial charge in [-0.3, -0.25) is 0 Å². The summed E-state index contributed by atoms with van der Waals surface area (Å²) in [6.45, 7) is 2.26. The van der Waals surface area contributed by atoms with E-state index in [2.05, 4.69) is 0 Å². The third-order valence-electron chi connectivity index (χ3n) is 3.33. The zero-order valence-corrected chi connectivity index (χ0v) is 9.65. The Labute approximate surface area is 100 Å². The van der Waals surface area contributed by atoms with E-state index in [0.29, 0.717) is 6.61 Å². The van der Waals surface area contributed by atoms with E-state index >= 15 is 0 Å². The number of benzene rings is 1. The van der Waals surface area contributed by atoms with Gasteiger partial charge in [-0.15, -0.1) is 0 Å². The van der Waals surface area contributed by atoms with Crippen LogP contribution in [0.5, 0.6) is 0 Å². The van der Waals surface area contributed by atoms with Crippen molar-refractivity contribution in [1.29, 1.82) is 0 Å². The first-order valence-corrected chi connectivity index (χ1v) is 5.91. The Morgan fingerprint density at radius 3 is 2.53 bits per heavy atom. The zero-order chi connectivity index (χ0) is 11.8. The molecule has 5 atom stereocenters. The average molecular weight is 236 g/mol. The number of ether oxygens (including phenoxy) is 3. The minimum absolute atomic E-state index is 0.0443. The molecule has 1 aromatic carbocycles. The van der Waals surface area contributed by atoms with Gasteiger partial charge in [-0.05, 0) is 6.92 Å². The maximum absolute atomic E-state index is 9.83. The summed E-state index contributed by atoms with van der Waals surface area (Å²) in [5.74, 6) is 0. The Morgan fingerprint density at radius 1 is 1.12 bits per heavy atom. The van der Waals surface area contributed by atoms with Crippen LogP contribution in [0, 0.1) is 0 Å². The third-order valence-corrected chi connectivity index (χ3v) is 3.33. The molecule has 0 amide bonds. The van der Waals surface area contributed by atoms with Crippen molar-refractivity contribution in [3.8, 4) is 0 Å². The van der Waals surface area contributed by atoms with Crippen LogP contribution >= 0.6 is 0 Å². The van der Waals surface area contributed by atoms with Crippen molar-refractivity contribution in [3.63, 3.8) is 0 Å². The largest absolute Gasteiger partial charge is 0.388 e. The maximum atomic E-state index is 9.83. The highest BCUT2D eigenvalue weighted by Gasteiger charge is 2.47. The van der Waals surface area contributed by atoms with Crippen LogP contribution in [0.1, 0.15) is 18.8 Å². The topological polar surface area (TPSA) is 47.9 Å². The minimum Gasteiger partial charge on any atom is -0.388 e. The van der Waals surface area contributed by atoms with Gasteiger partial charge < -0.3 is 19.3 Å². The number of aliphatic hydroxyl groups is 1. The van der Waals surface area contributed by atoms with E-state index in [4.69, 9.17) is 14.2 Å². The number of hydrogen-bond acceptors (Lipinski definition) is 4. The second kappa shape index (κ2) is 4.38. The van der Waals surface area contributed by atoms with Gasteiger partial charge in [0.1, 0.15) is 18.3 Å². The lowest BCUT2D eigenvalue weighted by molar-refractivity contribution is -0.136. The molecule has 4 nitrogen and oxygen atoms in total. The molecule has 17 heavy (non-hydrogen) atoms. The molecule has 0 aromatic heterocycles. The summed E-state index contributed by atoms with van der Waals surface area (Å²) >= 11 is 0. The SMILES string of the molecule is C[C@H]1OC[C@H](O)[C@H]2OC(c3ccccc3)O[C@H]21. The Hall–Kier alpha value is -0.940. The Kier molecular flexibility index (Phi) is 2.88. The number of hydrogen-bond donors (Lipinski definition) is 1. The molecule has 1 aromatic rings. The smallest absolute Gasteiger partial charge is 0.184 e. The van der Waals surface area contributed by atoms with Gasteiger partial charge in [0.15, 0.2) is 6.29 Å². The lowest BCUT2D eigenvalue weighted by Crippen LogP contribution is -2.50. The summed E-state index contributed by atoms with van der Waals surface area (Å²) in [5, 5.41) is 9.83. The molecular weight excluding hydrogens is 220 g/mol. The van der Waals surface area contributed by atoms with Crippen LogP contribution in [0.25, 0.3) is 0 Å². The Balaban J connectivity index is 1.80. The van der Waals surface area contributed by atoms with Gasteiger partial charge in [0.05, 0.1) is 12.7 Å². The molecule has 0 bridgehead atoms. The molecule has 2 aliphatic heterocycles.